The van der Waals surface area contributed by atoms with Gasteiger partial charge in [0, 0.05) is 11.1 Å². The smallest absolute Gasteiger partial charge is 0.246 e. The van der Waals surface area contributed by atoms with Crippen LogP contribution in [-0.2, 0) is 4.79 Å². The van der Waals surface area contributed by atoms with Crippen LogP contribution in [0.5, 0.6) is 0 Å². The lowest BCUT2D eigenvalue weighted by Crippen LogP contribution is -2.43. The summed E-state index contributed by atoms with van der Waals surface area (Å²) in [5.74, 6) is -0.625. The van der Waals surface area contributed by atoms with Gasteiger partial charge in [0.15, 0.2) is 0 Å². The maximum absolute atomic E-state index is 11.1. The van der Waals surface area contributed by atoms with Gasteiger partial charge in [0.05, 0.1) is 0 Å². The number of halogens is 1. The number of aliphatic hydroxyl groups excluding tert-OH is 1. The highest BCUT2D eigenvalue weighted by atomic mass is 35.5. The molecule has 5 heteroatoms. The Bertz CT molecular complexity index is 470. The Labute approximate surface area is 130 Å². The minimum atomic E-state index is -1.01. The first kappa shape index (κ1) is 16.3. The standard InChI is InChI=1S/C16H23ClN2O2/c1-2-14(11-3-5-13(17)6-4-11)19-9-7-12(8-10-19)15(20)16(18)21/h3-6,12,14-15,20H,2,7-10H2,1H3,(H2,18,21)/t14-,15+/m0/s1. The number of likely N-dealkylation sites (tertiary alicyclic amines) is 1. The summed E-state index contributed by atoms with van der Waals surface area (Å²) < 4.78 is 0. The summed E-state index contributed by atoms with van der Waals surface area (Å²) in [5, 5.41) is 10.5. The van der Waals surface area contributed by atoms with Crippen LogP contribution in [0, 0.1) is 5.92 Å². The summed E-state index contributed by atoms with van der Waals surface area (Å²) >= 11 is 5.94. The zero-order valence-corrected chi connectivity index (χ0v) is 13.1. The summed E-state index contributed by atoms with van der Waals surface area (Å²) in [6, 6.07) is 8.34. The van der Waals surface area contributed by atoms with Gasteiger partial charge >= 0.3 is 0 Å². The van der Waals surface area contributed by atoms with Crippen LogP contribution in [0.15, 0.2) is 24.3 Å². The third-order valence-electron chi connectivity index (χ3n) is 4.39. The fraction of sp³-hybridized carbons (Fsp3) is 0.562. The van der Waals surface area contributed by atoms with E-state index in [-0.39, 0.29) is 5.92 Å². The number of rotatable bonds is 5. The molecule has 1 aliphatic rings. The van der Waals surface area contributed by atoms with Crippen molar-refractivity contribution in [1.29, 1.82) is 0 Å². The number of carbonyl (C=O) groups is 1. The van der Waals surface area contributed by atoms with Crippen LogP contribution in [0.1, 0.15) is 37.8 Å². The van der Waals surface area contributed by atoms with Crippen molar-refractivity contribution in [3.63, 3.8) is 0 Å². The molecular formula is C16H23ClN2O2. The van der Waals surface area contributed by atoms with E-state index in [1.54, 1.807) is 0 Å². The predicted molar refractivity (Wildman–Crippen MR) is 84.0 cm³/mol. The van der Waals surface area contributed by atoms with Gasteiger partial charge in [0.1, 0.15) is 6.10 Å². The first-order chi connectivity index (χ1) is 10.0. The first-order valence-corrected chi connectivity index (χ1v) is 7.87. The van der Waals surface area contributed by atoms with Crippen LogP contribution in [0.4, 0.5) is 0 Å². The van der Waals surface area contributed by atoms with Crippen LogP contribution < -0.4 is 5.73 Å². The number of nitrogens with zero attached hydrogens (tertiary/aromatic N) is 1. The molecular weight excluding hydrogens is 288 g/mol. The molecule has 0 saturated carbocycles. The Morgan fingerprint density at radius 1 is 1.38 bits per heavy atom. The molecule has 1 amide bonds. The van der Waals surface area contributed by atoms with Crippen molar-refractivity contribution in [2.45, 2.75) is 38.3 Å². The molecule has 0 unspecified atom stereocenters. The number of amides is 1. The number of hydrogen-bond donors (Lipinski definition) is 2. The quantitative estimate of drug-likeness (QED) is 0.877. The molecule has 1 saturated heterocycles. The van der Waals surface area contributed by atoms with Crippen molar-refractivity contribution in [3.05, 3.63) is 34.9 Å². The van der Waals surface area contributed by atoms with Gasteiger partial charge in [-0.2, -0.15) is 0 Å². The van der Waals surface area contributed by atoms with Crippen molar-refractivity contribution in [1.82, 2.24) is 4.90 Å². The topological polar surface area (TPSA) is 66.6 Å². The number of nitrogens with two attached hydrogens (primary N) is 1. The van der Waals surface area contributed by atoms with Crippen LogP contribution in [0.25, 0.3) is 0 Å². The summed E-state index contributed by atoms with van der Waals surface area (Å²) in [5.41, 5.74) is 6.44. The zero-order chi connectivity index (χ0) is 15.4. The molecule has 4 nitrogen and oxygen atoms in total. The molecule has 1 aliphatic heterocycles. The highest BCUT2D eigenvalue weighted by Gasteiger charge is 2.30. The lowest BCUT2D eigenvalue weighted by molar-refractivity contribution is -0.129. The van der Waals surface area contributed by atoms with Gasteiger partial charge in [-0.25, -0.2) is 0 Å². The molecule has 1 aromatic rings. The van der Waals surface area contributed by atoms with E-state index in [1.807, 2.05) is 12.1 Å². The summed E-state index contributed by atoms with van der Waals surface area (Å²) in [6.45, 7) is 3.91. The number of piperidine rings is 1. The van der Waals surface area contributed by atoms with Crippen LogP contribution >= 0.6 is 11.6 Å². The Morgan fingerprint density at radius 3 is 2.43 bits per heavy atom. The predicted octanol–water partition coefficient (Wildman–Crippen LogP) is 2.35. The van der Waals surface area contributed by atoms with E-state index in [0.717, 1.165) is 37.4 Å². The lowest BCUT2D eigenvalue weighted by atomic mass is 9.89. The Hall–Kier alpha value is -1.10. The fourth-order valence-corrected chi connectivity index (χ4v) is 3.29. The van der Waals surface area contributed by atoms with Gasteiger partial charge in [-0.3, -0.25) is 9.69 Å². The van der Waals surface area contributed by atoms with Crippen molar-refractivity contribution < 1.29 is 9.90 Å². The van der Waals surface area contributed by atoms with Crippen LogP contribution in [-0.4, -0.2) is 35.1 Å². The molecule has 2 atom stereocenters. The highest BCUT2D eigenvalue weighted by Crippen LogP contribution is 2.30. The van der Waals surface area contributed by atoms with E-state index in [1.165, 1.54) is 5.56 Å². The van der Waals surface area contributed by atoms with E-state index in [0.29, 0.717) is 6.04 Å². The first-order valence-electron chi connectivity index (χ1n) is 7.49. The maximum atomic E-state index is 11.1. The largest absolute Gasteiger partial charge is 0.383 e. The molecule has 0 spiro atoms. The number of primary amides is 1. The monoisotopic (exact) mass is 310 g/mol. The normalized spacial score (nSPS) is 20.1. The fourth-order valence-electron chi connectivity index (χ4n) is 3.17. The molecule has 116 valence electrons. The van der Waals surface area contributed by atoms with Gasteiger partial charge in [0.25, 0.3) is 0 Å². The third kappa shape index (κ3) is 3.96. The molecule has 21 heavy (non-hydrogen) atoms. The van der Waals surface area contributed by atoms with E-state index in [9.17, 15) is 9.90 Å². The van der Waals surface area contributed by atoms with E-state index >= 15 is 0 Å². The van der Waals surface area contributed by atoms with Gasteiger partial charge in [-0.1, -0.05) is 30.7 Å². The maximum Gasteiger partial charge on any atom is 0.246 e. The number of hydrogen-bond acceptors (Lipinski definition) is 3. The van der Waals surface area contributed by atoms with Crippen molar-refractivity contribution in [2.75, 3.05) is 13.1 Å². The highest BCUT2D eigenvalue weighted by molar-refractivity contribution is 6.30. The van der Waals surface area contributed by atoms with Crippen molar-refractivity contribution in [3.8, 4) is 0 Å². The molecule has 3 N–H and O–H groups in total. The lowest BCUT2D eigenvalue weighted by Gasteiger charge is -2.38. The molecule has 1 aromatic carbocycles. The van der Waals surface area contributed by atoms with Crippen LogP contribution in [0.3, 0.4) is 0 Å². The third-order valence-corrected chi connectivity index (χ3v) is 4.65. The molecule has 1 heterocycles. The summed E-state index contributed by atoms with van der Waals surface area (Å²) in [6.07, 6.45) is 1.61. The molecule has 0 radical (unpaired) electrons. The Balaban J connectivity index is 1.99. The second-order valence-corrected chi connectivity index (χ2v) is 6.13. The second-order valence-electron chi connectivity index (χ2n) is 5.70. The molecule has 1 fully saturated rings. The molecule has 0 aliphatic carbocycles. The second kappa shape index (κ2) is 7.25. The average molecular weight is 311 g/mol. The number of aliphatic hydroxyl groups is 1. The Morgan fingerprint density at radius 2 is 1.95 bits per heavy atom. The van der Waals surface area contributed by atoms with E-state index in [4.69, 9.17) is 17.3 Å². The van der Waals surface area contributed by atoms with Gasteiger partial charge in [0.2, 0.25) is 5.91 Å². The van der Waals surface area contributed by atoms with Gasteiger partial charge in [-0.15, -0.1) is 0 Å². The summed E-state index contributed by atoms with van der Waals surface area (Å²) in [4.78, 5) is 13.5. The number of carbonyl (C=O) groups excluding carboxylic acids is 1. The Kier molecular flexibility index (Phi) is 5.62. The van der Waals surface area contributed by atoms with Crippen molar-refractivity contribution in [2.24, 2.45) is 11.7 Å². The van der Waals surface area contributed by atoms with E-state index < -0.39 is 12.0 Å². The number of benzene rings is 1. The average Bonchev–Trinajstić information content (AvgIpc) is 2.50. The molecule has 0 bridgehead atoms. The van der Waals surface area contributed by atoms with Gasteiger partial charge in [-0.05, 0) is 56.0 Å². The molecule has 2 rings (SSSR count). The minimum Gasteiger partial charge on any atom is -0.383 e. The van der Waals surface area contributed by atoms with Crippen LogP contribution in [0.2, 0.25) is 5.02 Å². The zero-order valence-electron chi connectivity index (χ0n) is 12.3. The van der Waals surface area contributed by atoms with Gasteiger partial charge < -0.3 is 10.8 Å². The van der Waals surface area contributed by atoms with E-state index in [2.05, 4.69) is 24.0 Å². The van der Waals surface area contributed by atoms with Crippen molar-refractivity contribution >= 4 is 17.5 Å². The molecule has 0 aromatic heterocycles. The summed E-state index contributed by atoms with van der Waals surface area (Å²) in [7, 11) is 0. The SMILES string of the molecule is CC[C@@H](c1ccc(Cl)cc1)N1CCC([C@@H](O)C(N)=O)CC1. The minimum absolute atomic E-state index is 0.0125.